The number of ether oxygens (including phenoxy) is 2. The quantitative estimate of drug-likeness (QED) is 0.182. The highest BCUT2D eigenvalue weighted by Gasteiger charge is 2.35. The lowest BCUT2D eigenvalue weighted by Crippen LogP contribution is -2.28. The summed E-state index contributed by atoms with van der Waals surface area (Å²) in [5.41, 5.74) is 5.52. The van der Waals surface area contributed by atoms with Gasteiger partial charge in [-0.15, -0.1) is 0 Å². The van der Waals surface area contributed by atoms with Crippen LogP contribution in [0, 0.1) is 13.8 Å². The number of hydrogen-bond donors (Lipinski definition) is 1. The van der Waals surface area contributed by atoms with Crippen molar-refractivity contribution in [3.8, 4) is 11.5 Å². The molecular formula is C34H29BrN2O5S. The molecule has 0 bridgehead atoms. The minimum atomic E-state index is -0.979. The van der Waals surface area contributed by atoms with E-state index < -0.39 is 5.97 Å². The summed E-state index contributed by atoms with van der Waals surface area (Å²) in [5, 5.41) is 9.71. The van der Waals surface area contributed by atoms with Crippen LogP contribution in [0.15, 0.2) is 99.3 Å². The number of rotatable bonds is 9. The van der Waals surface area contributed by atoms with Crippen LogP contribution in [0.3, 0.4) is 0 Å². The lowest BCUT2D eigenvalue weighted by molar-refractivity contribution is -0.113. The van der Waals surface area contributed by atoms with Crippen molar-refractivity contribution in [3.05, 3.63) is 122 Å². The van der Waals surface area contributed by atoms with Crippen LogP contribution in [-0.2, 0) is 11.4 Å². The largest absolute Gasteiger partial charge is 0.490 e. The van der Waals surface area contributed by atoms with Gasteiger partial charge < -0.3 is 14.6 Å². The molecule has 1 heterocycles. The van der Waals surface area contributed by atoms with Crippen LogP contribution in [-0.4, -0.2) is 28.8 Å². The Kier molecular flexibility index (Phi) is 9.33. The second-order valence-corrected chi connectivity index (χ2v) is 11.7. The van der Waals surface area contributed by atoms with Gasteiger partial charge in [0, 0.05) is 0 Å². The molecule has 0 unspecified atom stereocenters. The number of amidine groups is 1. The van der Waals surface area contributed by atoms with E-state index in [4.69, 9.17) is 19.6 Å². The number of anilines is 1. The maximum atomic E-state index is 13.8. The molecule has 1 aliphatic heterocycles. The minimum Gasteiger partial charge on any atom is -0.490 e. The number of aliphatic imine (C=N–C) groups is 1. The Labute approximate surface area is 263 Å². The van der Waals surface area contributed by atoms with E-state index in [1.807, 2.05) is 87.5 Å². The monoisotopic (exact) mass is 656 g/mol. The number of carbonyl (C=O) groups is 2. The lowest BCUT2D eigenvalue weighted by Gasteiger charge is -2.16. The molecule has 4 aromatic rings. The molecule has 0 saturated carbocycles. The predicted octanol–water partition coefficient (Wildman–Crippen LogP) is 8.55. The fourth-order valence-electron chi connectivity index (χ4n) is 4.32. The fraction of sp³-hybridized carbons (Fsp3) is 0.147. The zero-order valence-electron chi connectivity index (χ0n) is 23.8. The predicted molar refractivity (Wildman–Crippen MR) is 176 cm³/mol. The van der Waals surface area contributed by atoms with Crippen LogP contribution in [0.25, 0.3) is 6.08 Å². The van der Waals surface area contributed by atoms with Gasteiger partial charge in [0.25, 0.3) is 5.91 Å². The molecular weight excluding hydrogens is 628 g/mol. The van der Waals surface area contributed by atoms with Crippen molar-refractivity contribution in [1.82, 2.24) is 0 Å². The van der Waals surface area contributed by atoms with Gasteiger partial charge in [-0.25, -0.2) is 9.79 Å². The lowest BCUT2D eigenvalue weighted by atomic mass is 10.1. The van der Waals surface area contributed by atoms with Crippen molar-refractivity contribution in [2.75, 3.05) is 11.5 Å². The average molecular weight is 658 g/mol. The van der Waals surface area contributed by atoms with Crippen LogP contribution >= 0.6 is 27.7 Å². The molecule has 9 heteroatoms. The van der Waals surface area contributed by atoms with E-state index in [-0.39, 0.29) is 18.1 Å². The van der Waals surface area contributed by atoms with Crippen LogP contribution in [0.4, 0.5) is 11.4 Å². The zero-order chi connectivity index (χ0) is 30.5. The second-order valence-electron chi connectivity index (χ2n) is 9.87. The highest BCUT2D eigenvalue weighted by Crippen LogP contribution is 2.41. The molecule has 1 aliphatic rings. The Morgan fingerprint density at radius 2 is 1.60 bits per heavy atom. The highest BCUT2D eigenvalue weighted by atomic mass is 79.9. The molecule has 43 heavy (non-hydrogen) atoms. The average Bonchev–Trinajstić information content (AvgIpc) is 3.28. The number of nitrogens with zero attached hydrogens (tertiary/aromatic N) is 2. The van der Waals surface area contributed by atoms with E-state index >= 15 is 0 Å². The standard InChI is InChI=1S/C34H29BrN2O5S/c1-4-41-29-18-24(17-28(35)31(29)42-20-23-9-11-25(12-10-23)33(39)40)19-30-32(38)37(27-15-7-22(3)8-16-27)34(43-30)36-26-13-5-21(2)6-14-26/h5-19H,4,20H2,1-3H3,(H,39,40)/b30-19-,36-34?. The van der Waals surface area contributed by atoms with Crippen molar-refractivity contribution < 1.29 is 24.2 Å². The Hall–Kier alpha value is -4.34. The molecule has 1 fully saturated rings. The maximum absolute atomic E-state index is 13.8. The molecule has 1 N–H and O–H groups in total. The first-order valence-electron chi connectivity index (χ1n) is 13.6. The van der Waals surface area contributed by atoms with Gasteiger partial charge in [-0.3, -0.25) is 9.69 Å². The molecule has 0 spiro atoms. The maximum Gasteiger partial charge on any atom is 0.335 e. The van der Waals surface area contributed by atoms with E-state index in [1.54, 1.807) is 29.2 Å². The number of thioether (sulfide) groups is 1. The molecule has 218 valence electrons. The normalized spacial score (nSPS) is 14.9. The minimum absolute atomic E-state index is 0.168. The number of aromatic carboxylic acids is 1. The van der Waals surface area contributed by atoms with Gasteiger partial charge in [0.15, 0.2) is 16.7 Å². The summed E-state index contributed by atoms with van der Waals surface area (Å²) in [6.07, 6.45) is 1.83. The Morgan fingerprint density at radius 1 is 0.953 bits per heavy atom. The number of aryl methyl sites for hydroxylation is 2. The smallest absolute Gasteiger partial charge is 0.335 e. The summed E-state index contributed by atoms with van der Waals surface area (Å²) >= 11 is 4.93. The first-order chi connectivity index (χ1) is 20.7. The fourth-order valence-corrected chi connectivity index (χ4v) is 5.90. The molecule has 1 amide bonds. The van der Waals surface area contributed by atoms with Gasteiger partial charge in [0.2, 0.25) is 0 Å². The van der Waals surface area contributed by atoms with E-state index in [0.717, 1.165) is 33.6 Å². The first-order valence-corrected chi connectivity index (χ1v) is 15.2. The summed E-state index contributed by atoms with van der Waals surface area (Å²) in [6, 6.07) is 25.9. The summed E-state index contributed by atoms with van der Waals surface area (Å²) in [5.74, 6) is -0.114. The van der Waals surface area contributed by atoms with Gasteiger partial charge >= 0.3 is 5.97 Å². The van der Waals surface area contributed by atoms with E-state index in [2.05, 4.69) is 15.9 Å². The molecule has 0 radical (unpaired) electrons. The van der Waals surface area contributed by atoms with E-state index in [9.17, 15) is 9.59 Å². The van der Waals surface area contributed by atoms with Crippen LogP contribution in [0.2, 0.25) is 0 Å². The Bertz CT molecular complexity index is 1720. The van der Waals surface area contributed by atoms with Crippen LogP contribution in [0.1, 0.15) is 39.5 Å². The number of hydrogen-bond acceptors (Lipinski definition) is 6. The summed E-state index contributed by atoms with van der Waals surface area (Å²) < 4.78 is 12.7. The third-order valence-electron chi connectivity index (χ3n) is 6.57. The molecule has 0 aliphatic carbocycles. The number of benzene rings is 4. The third kappa shape index (κ3) is 7.18. The van der Waals surface area contributed by atoms with Gasteiger partial charge in [-0.05, 0) is 114 Å². The molecule has 7 nitrogen and oxygen atoms in total. The Balaban J connectivity index is 1.45. The number of carboxylic acids is 1. The summed E-state index contributed by atoms with van der Waals surface area (Å²) in [6.45, 7) is 6.55. The van der Waals surface area contributed by atoms with Crippen LogP contribution in [0.5, 0.6) is 11.5 Å². The highest BCUT2D eigenvalue weighted by molar-refractivity contribution is 9.10. The van der Waals surface area contributed by atoms with Gasteiger partial charge in [0.05, 0.1) is 32.9 Å². The van der Waals surface area contributed by atoms with Gasteiger partial charge in [0.1, 0.15) is 6.61 Å². The van der Waals surface area contributed by atoms with Crippen molar-refractivity contribution >= 4 is 62.2 Å². The van der Waals surface area contributed by atoms with Crippen LogP contribution < -0.4 is 14.4 Å². The molecule has 4 aromatic carbocycles. The number of carboxylic acid groups (broad SMARTS) is 1. The van der Waals surface area contributed by atoms with Crippen molar-refractivity contribution in [2.45, 2.75) is 27.4 Å². The topological polar surface area (TPSA) is 88.4 Å². The van der Waals surface area contributed by atoms with Crippen molar-refractivity contribution in [1.29, 1.82) is 0 Å². The summed E-state index contributed by atoms with van der Waals surface area (Å²) in [4.78, 5) is 31.9. The van der Waals surface area contributed by atoms with E-state index in [0.29, 0.717) is 32.7 Å². The molecule has 5 rings (SSSR count). The molecule has 0 atom stereocenters. The van der Waals surface area contributed by atoms with Gasteiger partial charge in [-0.2, -0.15) is 0 Å². The number of halogens is 1. The molecule has 0 aromatic heterocycles. The van der Waals surface area contributed by atoms with E-state index in [1.165, 1.54) is 11.8 Å². The van der Waals surface area contributed by atoms with Crippen molar-refractivity contribution in [2.24, 2.45) is 4.99 Å². The zero-order valence-corrected chi connectivity index (χ0v) is 26.2. The Morgan fingerprint density at radius 3 is 2.23 bits per heavy atom. The van der Waals surface area contributed by atoms with Crippen molar-refractivity contribution in [3.63, 3.8) is 0 Å². The summed E-state index contributed by atoms with van der Waals surface area (Å²) in [7, 11) is 0. The number of carbonyl (C=O) groups excluding carboxylic acids is 1. The molecule has 1 saturated heterocycles. The third-order valence-corrected chi connectivity index (χ3v) is 8.13. The van der Waals surface area contributed by atoms with Gasteiger partial charge in [-0.1, -0.05) is 47.5 Å². The second kappa shape index (κ2) is 13.3. The first kappa shape index (κ1) is 30.1. The SMILES string of the molecule is CCOc1cc(/C=C2\SC(=Nc3ccc(C)cc3)N(c3ccc(C)cc3)C2=O)cc(Br)c1OCc1ccc(C(=O)O)cc1. The number of amides is 1.